The van der Waals surface area contributed by atoms with Gasteiger partial charge in [-0.2, -0.15) is 0 Å². The maximum absolute atomic E-state index is 12.8. The lowest BCUT2D eigenvalue weighted by atomic mass is 10.2. The van der Waals surface area contributed by atoms with Gasteiger partial charge in [-0.05, 0) is 37.6 Å². The van der Waals surface area contributed by atoms with Crippen molar-refractivity contribution in [2.45, 2.75) is 20.4 Å². The van der Waals surface area contributed by atoms with E-state index in [1.54, 1.807) is 31.2 Å². The second-order valence-electron chi connectivity index (χ2n) is 5.66. The molecule has 0 spiro atoms. The molecule has 0 bridgehead atoms. The van der Waals surface area contributed by atoms with Crippen LogP contribution in [0.2, 0.25) is 0 Å². The summed E-state index contributed by atoms with van der Waals surface area (Å²) in [7, 11) is 2.76. The van der Waals surface area contributed by atoms with Crippen LogP contribution in [0.4, 0.5) is 0 Å². The Kier molecular flexibility index (Phi) is 8.02. The van der Waals surface area contributed by atoms with Crippen molar-refractivity contribution in [1.29, 1.82) is 0 Å². The molecule has 29 heavy (non-hydrogen) atoms. The van der Waals surface area contributed by atoms with E-state index in [0.717, 1.165) is 11.3 Å². The highest BCUT2D eigenvalue weighted by molar-refractivity contribution is 7.07. The molecule has 2 aromatic rings. The lowest BCUT2D eigenvalue weighted by Gasteiger charge is -2.09. The third kappa shape index (κ3) is 5.71. The summed E-state index contributed by atoms with van der Waals surface area (Å²) in [6, 6.07) is 5.27. The first-order valence-corrected chi connectivity index (χ1v) is 9.72. The van der Waals surface area contributed by atoms with Crippen molar-refractivity contribution in [2.24, 2.45) is 0 Å². The fraction of sp³-hybridized carbons (Fsp3) is 0.350. The van der Waals surface area contributed by atoms with Crippen molar-refractivity contribution in [1.82, 2.24) is 4.57 Å². The van der Waals surface area contributed by atoms with Gasteiger partial charge in [-0.25, -0.2) is 4.79 Å². The quantitative estimate of drug-likeness (QED) is 0.578. The first-order chi connectivity index (χ1) is 13.9. The van der Waals surface area contributed by atoms with Gasteiger partial charge in [0.2, 0.25) is 0 Å². The van der Waals surface area contributed by atoms with Crippen LogP contribution in [0.25, 0.3) is 12.2 Å². The van der Waals surface area contributed by atoms with Gasteiger partial charge in [0.1, 0.15) is 11.2 Å². The number of rotatable bonds is 8. The predicted octanol–water partition coefficient (Wildman–Crippen LogP) is 0.663. The summed E-state index contributed by atoms with van der Waals surface area (Å²) in [6.07, 6.45) is 2.84. The van der Waals surface area contributed by atoms with Crippen molar-refractivity contribution in [3.63, 3.8) is 0 Å². The highest BCUT2D eigenvalue weighted by Crippen LogP contribution is 2.28. The van der Waals surface area contributed by atoms with Gasteiger partial charge in [0.25, 0.3) is 5.56 Å². The summed E-state index contributed by atoms with van der Waals surface area (Å²) >= 11 is 1.07. The largest absolute Gasteiger partial charge is 0.493 e. The molecule has 0 saturated carbocycles. The lowest BCUT2D eigenvalue weighted by Crippen LogP contribution is -2.34. The van der Waals surface area contributed by atoms with E-state index in [1.807, 2.05) is 6.92 Å². The number of hydrogen-bond acceptors (Lipinski definition) is 8. The van der Waals surface area contributed by atoms with E-state index in [0.29, 0.717) is 32.9 Å². The normalized spacial score (nSPS) is 12.0. The van der Waals surface area contributed by atoms with Crippen LogP contribution in [0.5, 0.6) is 11.5 Å². The summed E-state index contributed by atoms with van der Waals surface area (Å²) in [5.41, 5.74) is 0.292. The molecular formula is C20H23NO7S. The van der Waals surface area contributed by atoms with Crippen LogP contribution in [-0.4, -0.2) is 43.9 Å². The van der Waals surface area contributed by atoms with Gasteiger partial charge in [0.05, 0.1) is 38.0 Å². The van der Waals surface area contributed by atoms with Crippen LogP contribution in [-0.2, 0) is 25.6 Å². The molecule has 2 rings (SSSR count). The smallest absolute Gasteiger partial charge is 0.333 e. The van der Waals surface area contributed by atoms with Crippen LogP contribution >= 0.6 is 11.3 Å². The van der Waals surface area contributed by atoms with E-state index in [-0.39, 0.29) is 13.2 Å². The van der Waals surface area contributed by atoms with Crippen LogP contribution < -0.4 is 24.2 Å². The lowest BCUT2D eigenvalue weighted by molar-refractivity contribution is -0.141. The Balaban J connectivity index is 2.59. The Morgan fingerprint density at radius 1 is 1.14 bits per heavy atom. The zero-order valence-electron chi connectivity index (χ0n) is 16.7. The van der Waals surface area contributed by atoms with Crippen LogP contribution in [0.1, 0.15) is 19.4 Å². The second-order valence-corrected chi connectivity index (χ2v) is 6.72. The van der Waals surface area contributed by atoms with Crippen molar-refractivity contribution in [3.05, 3.63) is 43.3 Å². The van der Waals surface area contributed by atoms with Crippen molar-refractivity contribution in [2.75, 3.05) is 27.4 Å². The first kappa shape index (κ1) is 22.2. The van der Waals surface area contributed by atoms with Crippen molar-refractivity contribution >= 4 is 35.4 Å². The third-order valence-corrected chi connectivity index (χ3v) is 4.82. The number of nitrogens with zero attached hydrogens (tertiary/aromatic N) is 1. The Bertz CT molecular complexity index is 1050. The highest BCUT2D eigenvalue weighted by atomic mass is 32.1. The van der Waals surface area contributed by atoms with Gasteiger partial charge in [0, 0.05) is 0 Å². The van der Waals surface area contributed by atoms with Gasteiger partial charge in [0.15, 0.2) is 11.5 Å². The molecule has 0 amide bonds. The monoisotopic (exact) mass is 421 g/mol. The van der Waals surface area contributed by atoms with Gasteiger partial charge < -0.3 is 18.9 Å². The fourth-order valence-electron chi connectivity index (χ4n) is 2.47. The minimum absolute atomic E-state index is 0.201. The van der Waals surface area contributed by atoms with Crippen LogP contribution in [0.15, 0.2) is 23.0 Å². The van der Waals surface area contributed by atoms with Crippen molar-refractivity contribution < 1.29 is 28.5 Å². The predicted molar refractivity (Wildman–Crippen MR) is 109 cm³/mol. The first-order valence-electron chi connectivity index (χ1n) is 8.90. The zero-order valence-corrected chi connectivity index (χ0v) is 17.5. The molecule has 1 aromatic heterocycles. The Morgan fingerprint density at radius 3 is 2.52 bits per heavy atom. The fourth-order valence-corrected chi connectivity index (χ4v) is 3.50. The molecule has 0 aliphatic heterocycles. The number of aromatic nitrogens is 1. The molecule has 8 nitrogen and oxygen atoms in total. The summed E-state index contributed by atoms with van der Waals surface area (Å²) in [4.78, 5) is 36.4. The molecule has 1 aromatic carbocycles. The van der Waals surface area contributed by atoms with E-state index in [4.69, 9.17) is 14.2 Å². The van der Waals surface area contributed by atoms with E-state index in [1.165, 1.54) is 24.9 Å². The highest BCUT2D eigenvalue weighted by Gasteiger charge is 2.12. The van der Waals surface area contributed by atoms with E-state index < -0.39 is 17.5 Å². The second kappa shape index (κ2) is 10.5. The standard InChI is InChI=1S/C20H23NO7S/c1-5-27-14-8-7-13(9-15(14)25-3)10-16-20(24)21(12-19(23)26-4)17(29-16)11-18(22)28-6-2/h7-11H,5-6,12H2,1-4H3/b16-10-,17-11-. The molecule has 0 radical (unpaired) electrons. The number of carbonyl (C=O) groups excluding carboxylic acids is 2. The molecule has 0 unspecified atom stereocenters. The number of ether oxygens (including phenoxy) is 4. The SMILES string of the molecule is CCOC(=O)/C=c1\s/c(=C\c2ccc(OCC)c(OC)c2)c(=O)n1CC(=O)OC. The minimum atomic E-state index is -0.599. The molecule has 0 aliphatic rings. The average molecular weight is 421 g/mol. The van der Waals surface area contributed by atoms with E-state index in [2.05, 4.69) is 4.74 Å². The number of hydrogen-bond donors (Lipinski definition) is 0. The summed E-state index contributed by atoms with van der Waals surface area (Å²) in [5.74, 6) is -0.0672. The maximum atomic E-state index is 12.8. The summed E-state index contributed by atoms with van der Waals surface area (Å²) in [6.45, 7) is 3.94. The molecule has 0 fully saturated rings. The van der Waals surface area contributed by atoms with Crippen LogP contribution in [0, 0.1) is 0 Å². The molecule has 0 N–H and O–H groups in total. The molecule has 156 valence electrons. The van der Waals surface area contributed by atoms with Crippen molar-refractivity contribution in [3.8, 4) is 11.5 Å². The number of methoxy groups -OCH3 is 2. The third-order valence-electron chi connectivity index (χ3n) is 3.76. The summed E-state index contributed by atoms with van der Waals surface area (Å²) < 4.78 is 22.2. The number of carbonyl (C=O) groups is 2. The molecule has 9 heteroatoms. The van der Waals surface area contributed by atoms with Gasteiger partial charge in [-0.15, -0.1) is 11.3 Å². The molecule has 0 saturated heterocycles. The van der Waals surface area contributed by atoms with Gasteiger partial charge >= 0.3 is 11.9 Å². The molecule has 1 heterocycles. The van der Waals surface area contributed by atoms with E-state index in [9.17, 15) is 14.4 Å². The summed E-state index contributed by atoms with van der Waals surface area (Å²) in [5, 5.41) is 0. The molecule has 0 atom stereocenters. The average Bonchev–Trinajstić information content (AvgIpc) is 2.97. The number of esters is 2. The Morgan fingerprint density at radius 2 is 1.90 bits per heavy atom. The van der Waals surface area contributed by atoms with Gasteiger partial charge in [-0.3, -0.25) is 14.2 Å². The van der Waals surface area contributed by atoms with Crippen LogP contribution in [0.3, 0.4) is 0 Å². The number of thiazole rings is 1. The number of benzene rings is 1. The Labute approximate surface area is 171 Å². The topological polar surface area (TPSA) is 93.1 Å². The zero-order chi connectivity index (χ0) is 21.4. The Hall–Kier alpha value is -3.07. The maximum Gasteiger partial charge on any atom is 0.333 e. The molecule has 0 aliphatic carbocycles. The van der Waals surface area contributed by atoms with E-state index >= 15 is 0 Å². The van der Waals surface area contributed by atoms with Gasteiger partial charge in [-0.1, -0.05) is 6.07 Å². The molecular weight excluding hydrogens is 398 g/mol. The minimum Gasteiger partial charge on any atom is -0.493 e.